The predicted molar refractivity (Wildman–Crippen MR) is 107 cm³/mol. The van der Waals surface area contributed by atoms with Crippen molar-refractivity contribution in [3.8, 4) is 0 Å². The number of hydrogen-bond acceptors (Lipinski definition) is 3. The highest BCUT2D eigenvalue weighted by Gasteiger charge is 2.24. The van der Waals surface area contributed by atoms with E-state index in [1.165, 1.54) is 18.4 Å². The van der Waals surface area contributed by atoms with E-state index in [1.807, 2.05) is 12.1 Å². The number of rotatable bonds is 7. The highest BCUT2D eigenvalue weighted by molar-refractivity contribution is 6.31. The van der Waals surface area contributed by atoms with Crippen LogP contribution >= 0.6 is 11.6 Å². The molecule has 0 bridgehead atoms. The van der Waals surface area contributed by atoms with Crippen LogP contribution in [-0.2, 0) is 4.79 Å². The zero-order chi connectivity index (χ0) is 18.4. The van der Waals surface area contributed by atoms with Gasteiger partial charge in [-0.05, 0) is 44.4 Å². The maximum absolute atomic E-state index is 12.0. The van der Waals surface area contributed by atoms with Crippen LogP contribution in [-0.4, -0.2) is 55.0 Å². The molecule has 1 saturated carbocycles. The smallest absolute Gasteiger partial charge is 0.223 e. The Morgan fingerprint density at radius 2 is 1.88 bits per heavy atom. The van der Waals surface area contributed by atoms with Crippen molar-refractivity contribution in [3.05, 3.63) is 34.9 Å². The predicted octanol–water partition coefficient (Wildman–Crippen LogP) is 3.72. The molecule has 2 fully saturated rings. The van der Waals surface area contributed by atoms with Crippen molar-refractivity contribution in [1.29, 1.82) is 0 Å². The number of carbonyl (C=O) groups excluding carboxylic acids is 1. The first-order chi connectivity index (χ1) is 12.6. The third kappa shape index (κ3) is 5.21. The maximum atomic E-state index is 12.0. The largest absolute Gasteiger partial charge is 0.356 e. The van der Waals surface area contributed by atoms with E-state index in [0.717, 1.165) is 63.6 Å². The van der Waals surface area contributed by atoms with Crippen LogP contribution in [0.1, 0.15) is 50.6 Å². The van der Waals surface area contributed by atoms with E-state index in [2.05, 4.69) is 34.2 Å². The summed E-state index contributed by atoms with van der Waals surface area (Å²) in [5.41, 5.74) is 1.22. The first-order valence-electron chi connectivity index (χ1n) is 10.1. The topological polar surface area (TPSA) is 35.6 Å². The van der Waals surface area contributed by atoms with Crippen LogP contribution in [0.25, 0.3) is 0 Å². The minimum atomic E-state index is 0.279. The molecule has 0 spiro atoms. The Morgan fingerprint density at radius 3 is 2.58 bits per heavy atom. The molecule has 2 aliphatic rings. The lowest BCUT2D eigenvalue weighted by Gasteiger charge is -2.38. The Labute approximate surface area is 162 Å². The molecule has 5 heteroatoms. The summed E-state index contributed by atoms with van der Waals surface area (Å²) >= 11 is 6.35. The van der Waals surface area contributed by atoms with Crippen LogP contribution < -0.4 is 5.32 Å². The number of carbonyl (C=O) groups is 1. The van der Waals surface area contributed by atoms with Crippen molar-refractivity contribution in [2.24, 2.45) is 5.92 Å². The molecule has 1 aromatic carbocycles. The number of benzene rings is 1. The number of nitrogens with one attached hydrogen (secondary N) is 1. The second-order valence-electron chi connectivity index (χ2n) is 7.70. The summed E-state index contributed by atoms with van der Waals surface area (Å²) < 4.78 is 0. The van der Waals surface area contributed by atoms with Crippen LogP contribution in [0.5, 0.6) is 0 Å². The second kappa shape index (κ2) is 9.72. The standard InChI is InChI=1S/C21H32ClN3O/c1-17(19-9-4-5-10-20(19)22)25-15-13-24(14-16-25)12-6-11-23-21(26)18-7-2-3-8-18/h4-5,9-10,17-18H,2-3,6-8,11-16H2,1H3,(H,23,26)/t17-/m1/s1. The van der Waals surface area contributed by atoms with Crippen molar-refractivity contribution in [2.45, 2.75) is 45.1 Å². The summed E-state index contributed by atoms with van der Waals surface area (Å²) in [6.07, 6.45) is 5.64. The first-order valence-corrected chi connectivity index (χ1v) is 10.5. The molecule has 3 rings (SSSR count). The Balaban J connectivity index is 1.33. The van der Waals surface area contributed by atoms with Crippen LogP contribution in [0.4, 0.5) is 0 Å². The Bertz CT molecular complexity index is 580. The van der Waals surface area contributed by atoms with Gasteiger partial charge in [-0.25, -0.2) is 0 Å². The fourth-order valence-corrected chi connectivity index (χ4v) is 4.53. The zero-order valence-corrected chi connectivity index (χ0v) is 16.7. The summed E-state index contributed by atoms with van der Waals surface area (Å²) in [7, 11) is 0. The number of piperazine rings is 1. The summed E-state index contributed by atoms with van der Waals surface area (Å²) in [5.74, 6) is 0.561. The number of hydrogen-bond donors (Lipinski definition) is 1. The molecule has 1 aromatic rings. The molecule has 1 N–H and O–H groups in total. The molecule has 1 amide bonds. The zero-order valence-electron chi connectivity index (χ0n) is 15.9. The second-order valence-corrected chi connectivity index (χ2v) is 8.11. The van der Waals surface area contributed by atoms with Crippen molar-refractivity contribution < 1.29 is 4.79 Å². The van der Waals surface area contributed by atoms with Crippen molar-refractivity contribution >= 4 is 17.5 Å². The van der Waals surface area contributed by atoms with Crippen LogP contribution in [0.2, 0.25) is 5.02 Å². The average Bonchev–Trinajstić information content (AvgIpc) is 3.20. The van der Waals surface area contributed by atoms with Crippen LogP contribution in [0.15, 0.2) is 24.3 Å². The normalized spacial score (nSPS) is 21.0. The molecule has 0 aromatic heterocycles. The van der Waals surface area contributed by atoms with E-state index in [-0.39, 0.29) is 11.8 Å². The molecule has 1 atom stereocenters. The lowest BCUT2D eigenvalue weighted by Crippen LogP contribution is -2.47. The van der Waals surface area contributed by atoms with Crippen molar-refractivity contribution in [1.82, 2.24) is 15.1 Å². The van der Waals surface area contributed by atoms with Gasteiger partial charge >= 0.3 is 0 Å². The van der Waals surface area contributed by atoms with Gasteiger partial charge in [0.05, 0.1) is 0 Å². The van der Waals surface area contributed by atoms with Crippen molar-refractivity contribution in [2.75, 3.05) is 39.3 Å². The van der Waals surface area contributed by atoms with Gasteiger partial charge < -0.3 is 10.2 Å². The molecule has 0 unspecified atom stereocenters. The van der Waals surface area contributed by atoms with E-state index < -0.39 is 0 Å². The van der Waals surface area contributed by atoms with E-state index in [9.17, 15) is 4.79 Å². The molecule has 1 aliphatic heterocycles. The van der Waals surface area contributed by atoms with Gasteiger partial charge in [-0.1, -0.05) is 42.6 Å². The highest BCUT2D eigenvalue weighted by atomic mass is 35.5. The average molecular weight is 378 g/mol. The fraction of sp³-hybridized carbons (Fsp3) is 0.667. The molecule has 144 valence electrons. The quantitative estimate of drug-likeness (QED) is 0.735. The number of amides is 1. The van der Waals surface area contributed by atoms with Gasteiger partial charge in [0.2, 0.25) is 5.91 Å². The Kier molecular flexibility index (Phi) is 7.35. The van der Waals surface area contributed by atoms with Gasteiger partial charge in [-0.3, -0.25) is 9.69 Å². The van der Waals surface area contributed by atoms with Gasteiger partial charge in [0.25, 0.3) is 0 Å². The number of nitrogens with zero attached hydrogens (tertiary/aromatic N) is 2. The Hall–Kier alpha value is -1.10. The lowest BCUT2D eigenvalue weighted by atomic mass is 10.1. The van der Waals surface area contributed by atoms with Gasteiger partial charge in [-0.15, -0.1) is 0 Å². The SMILES string of the molecule is C[C@H](c1ccccc1Cl)N1CCN(CCCNC(=O)C2CCCC2)CC1. The minimum absolute atomic E-state index is 0.279. The first kappa shape index (κ1) is 19.7. The van der Waals surface area contributed by atoms with E-state index in [4.69, 9.17) is 11.6 Å². The third-order valence-corrected chi connectivity index (χ3v) is 6.33. The Morgan fingerprint density at radius 1 is 1.19 bits per heavy atom. The van der Waals surface area contributed by atoms with E-state index in [0.29, 0.717) is 6.04 Å². The minimum Gasteiger partial charge on any atom is -0.356 e. The summed E-state index contributed by atoms with van der Waals surface area (Å²) in [6.45, 7) is 8.44. The van der Waals surface area contributed by atoms with E-state index >= 15 is 0 Å². The number of halogens is 1. The van der Waals surface area contributed by atoms with Gasteiger partial charge in [0, 0.05) is 49.7 Å². The summed E-state index contributed by atoms with van der Waals surface area (Å²) in [5, 5.41) is 3.99. The molecule has 1 aliphatic carbocycles. The lowest BCUT2D eigenvalue weighted by molar-refractivity contribution is -0.124. The van der Waals surface area contributed by atoms with Gasteiger partial charge in [0.1, 0.15) is 0 Å². The molecular weight excluding hydrogens is 346 g/mol. The van der Waals surface area contributed by atoms with Crippen molar-refractivity contribution in [3.63, 3.8) is 0 Å². The summed E-state index contributed by atoms with van der Waals surface area (Å²) in [6, 6.07) is 8.52. The molecule has 1 saturated heterocycles. The summed E-state index contributed by atoms with van der Waals surface area (Å²) in [4.78, 5) is 17.1. The van der Waals surface area contributed by atoms with Gasteiger partial charge in [-0.2, -0.15) is 0 Å². The molecular formula is C21H32ClN3O. The third-order valence-electron chi connectivity index (χ3n) is 5.99. The highest BCUT2D eigenvalue weighted by Crippen LogP contribution is 2.28. The maximum Gasteiger partial charge on any atom is 0.223 e. The molecule has 26 heavy (non-hydrogen) atoms. The molecule has 0 radical (unpaired) electrons. The fourth-order valence-electron chi connectivity index (χ4n) is 4.23. The van der Waals surface area contributed by atoms with Crippen LogP contribution in [0, 0.1) is 5.92 Å². The molecule has 4 nitrogen and oxygen atoms in total. The van der Waals surface area contributed by atoms with E-state index in [1.54, 1.807) is 0 Å². The van der Waals surface area contributed by atoms with Gasteiger partial charge in [0.15, 0.2) is 0 Å². The monoisotopic (exact) mass is 377 g/mol. The van der Waals surface area contributed by atoms with Crippen LogP contribution in [0.3, 0.4) is 0 Å². The molecule has 1 heterocycles.